The number of hydrogen-bond donors (Lipinski definition) is 2. The van der Waals surface area contributed by atoms with Crippen molar-refractivity contribution in [2.45, 2.75) is 4.90 Å². The second-order valence-corrected chi connectivity index (χ2v) is 8.22. The Morgan fingerprint density at radius 1 is 1.13 bits per heavy atom. The van der Waals surface area contributed by atoms with Gasteiger partial charge in [-0.2, -0.15) is 0 Å². The summed E-state index contributed by atoms with van der Waals surface area (Å²) in [4.78, 5) is 23.1. The van der Waals surface area contributed by atoms with Gasteiger partial charge >= 0.3 is 0 Å². The Balaban J connectivity index is 1.79. The molecule has 152 valence electrons. The average molecular weight is 449 g/mol. The quantitative estimate of drug-likeness (QED) is 0.450. The zero-order valence-electron chi connectivity index (χ0n) is 14.9. The van der Waals surface area contributed by atoms with Crippen LogP contribution in [0.3, 0.4) is 0 Å². The molecular weight excluding hydrogens is 438 g/mol. The molecule has 0 radical (unpaired) electrons. The molecule has 0 fully saturated rings. The number of ketones is 1. The van der Waals surface area contributed by atoms with Gasteiger partial charge in [0.2, 0.25) is 5.78 Å². The summed E-state index contributed by atoms with van der Waals surface area (Å²) in [7, 11) is -4.21. The van der Waals surface area contributed by atoms with Gasteiger partial charge in [0.1, 0.15) is 16.4 Å². The van der Waals surface area contributed by atoms with E-state index < -0.39 is 38.7 Å². The maximum Gasteiger partial charge on any atom is 0.263 e. The molecule has 0 aliphatic rings. The third kappa shape index (κ3) is 3.40. The van der Waals surface area contributed by atoms with Gasteiger partial charge in [0.25, 0.3) is 10.0 Å². The molecule has 2 N–H and O–H groups in total. The molecule has 4 aromatic rings. The molecule has 7 nitrogen and oxygen atoms in total. The maximum atomic E-state index is 15.1. The Labute approximate surface area is 173 Å². The van der Waals surface area contributed by atoms with Crippen LogP contribution in [0.5, 0.6) is 0 Å². The van der Waals surface area contributed by atoms with Crippen molar-refractivity contribution in [1.82, 2.24) is 15.0 Å². The lowest BCUT2D eigenvalue weighted by Gasteiger charge is -2.12. The number of H-pyrrole nitrogens is 1. The van der Waals surface area contributed by atoms with Gasteiger partial charge in [-0.3, -0.25) is 14.5 Å². The molecule has 0 saturated carbocycles. The van der Waals surface area contributed by atoms with Crippen LogP contribution in [-0.4, -0.2) is 29.2 Å². The fraction of sp³-hybridized carbons (Fsp3) is 0. The van der Waals surface area contributed by atoms with Gasteiger partial charge in [-0.05, 0) is 30.3 Å². The van der Waals surface area contributed by atoms with Gasteiger partial charge in [0, 0.05) is 30.2 Å². The highest BCUT2D eigenvalue weighted by Gasteiger charge is 2.27. The topological polar surface area (TPSA) is 105 Å². The van der Waals surface area contributed by atoms with Gasteiger partial charge < -0.3 is 4.98 Å². The summed E-state index contributed by atoms with van der Waals surface area (Å²) < 4.78 is 56.4. The minimum Gasteiger partial charge on any atom is -0.345 e. The van der Waals surface area contributed by atoms with E-state index in [0.29, 0.717) is 0 Å². The van der Waals surface area contributed by atoms with Gasteiger partial charge in [-0.1, -0.05) is 11.6 Å². The average Bonchev–Trinajstić information content (AvgIpc) is 3.16. The van der Waals surface area contributed by atoms with Crippen molar-refractivity contribution >= 4 is 44.1 Å². The number of nitrogens with zero attached hydrogens (tertiary/aromatic N) is 2. The van der Waals surface area contributed by atoms with Gasteiger partial charge in [0.05, 0.1) is 21.8 Å². The van der Waals surface area contributed by atoms with Crippen molar-refractivity contribution in [3.05, 3.63) is 82.9 Å². The first-order chi connectivity index (χ1) is 14.3. The first-order valence-corrected chi connectivity index (χ1v) is 10.2. The third-order valence-corrected chi connectivity index (χ3v) is 5.94. The minimum atomic E-state index is -4.21. The van der Waals surface area contributed by atoms with E-state index in [-0.39, 0.29) is 26.5 Å². The molecule has 1 aromatic carbocycles. The summed E-state index contributed by atoms with van der Waals surface area (Å²) in [6.07, 6.45) is 5.08. The molecule has 4 rings (SSSR count). The lowest BCUT2D eigenvalue weighted by Crippen LogP contribution is -2.16. The number of benzene rings is 1. The predicted molar refractivity (Wildman–Crippen MR) is 106 cm³/mol. The Hall–Kier alpha value is -3.37. The number of halogens is 3. The van der Waals surface area contributed by atoms with E-state index in [1.54, 1.807) is 0 Å². The van der Waals surface area contributed by atoms with Crippen LogP contribution >= 0.6 is 11.6 Å². The SMILES string of the molecule is O=C(c1c(F)ccc(NS(=O)(=O)c2cccnc2)c1F)c1c[nH]c2nccc(Cl)c12. The smallest absolute Gasteiger partial charge is 0.263 e. The van der Waals surface area contributed by atoms with E-state index in [1.807, 2.05) is 4.72 Å². The number of hydrogen-bond acceptors (Lipinski definition) is 5. The number of carbonyl (C=O) groups excluding carboxylic acids is 1. The molecule has 0 bridgehead atoms. The number of fused-ring (bicyclic) bond motifs is 1. The second-order valence-electron chi connectivity index (χ2n) is 6.13. The fourth-order valence-corrected chi connectivity index (χ4v) is 4.15. The Bertz CT molecular complexity index is 1390. The summed E-state index contributed by atoms with van der Waals surface area (Å²) >= 11 is 6.10. The van der Waals surface area contributed by atoms with E-state index in [9.17, 15) is 17.6 Å². The van der Waals surface area contributed by atoms with Crippen molar-refractivity contribution < 1.29 is 22.0 Å². The standard InChI is InChI=1S/C19H11ClF2N4O3S/c20-12-5-7-24-19-15(12)11(9-25-19)18(27)16-13(21)3-4-14(17(16)22)26-30(28,29)10-2-1-6-23-8-10/h1-9,26H,(H,24,25). The summed E-state index contributed by atoms with van der Waals surface area (Å²) in [5, 5.41) is 0.364. The van der Waals surface area contributed by atoms with Crippen LogP contribution in [0, 0.1) is 11.6 Å². The monoisotopic (exact) mass is 448 g/mol. The molecule has 0 aliphatic carbocycles. The van der Waals surface area contributed by atoms with Crippen LogP contribution in [0.4, 0.5) is 14.5 Å². The number of aromatic amines is 1. The molecule has 30 heavy (non-hydrogen) atoms. The number of pyridine rings is 2. The molecule has 3 heterocycles. The van der Waals surface area contributed by atoms with Gasteiger partial charge in [0.15, 0.2) is 5.82 Å². The van der Waals surface area contributed by atoms with Crippen molar-refractivity contribution in [2.75, 3.05) is 4.72 Å². The highest BCUT2D eigenvalue weighted by molar-refractivity contribution is 7.92. The zero-order chi connectivity index (χ0) is 21.5. The van der Waals surface area contributed by atoms with Crippen molar-refractivity contribution in [3.8, 4) is 0 Å². The van der Waals surface area contributed by atoms with Crippen molar-refractivity contribution in [3.63, 3.8) is 0 Å². The van der Waals surface area contributed by atoms with Crippen molar-refractivity contribution in [2.24, 2.45) is 0 Å². The fourth-order valence-electron chi connectivity index (χ4n) is 2.88. The first kappa shape index (κ1) is 19.9. The second kappa shape index (κ2) is 7.47. The number of anilines is 1. The summed E-state index contributed by atoms with van der Waals surface area (Å²) in [5.74, 6) is -3.54. The normalized spacial score (nSPS) is 11.6. The van der Waals surface area contributed by atoms with Gasteiger partial charge in [-0.25, -0.2) is 22.2 Å². The summed E-state index contributed by atoms with van der Waals surface area (Å²) in [6.45, 7) is 0. The molecule has 3 aromatic heterocycles. The van der Waals surface area contributed by atoms with E-state index in [4.69, 9.17) is 11.6 Å². The summed E-state index contributed by atoms with van der Waals surface area (Å²) in [5.41, 5.74) is -1.36. The van der Waals surface area contributed by atoms with E-state index in [0.717, 1.165) is 18.3 Å². The molecule has 0 aliphatic heterocycles. The molecule has 11 heteroatoms. The number of nitrogens with one attached hydrogen (secondary N) is 2. The van der Waals surface area contributed by atoms with Crippen LogP contribution in [0.1, 0.15) is 15.9 Å². The molecular formula is C19H11ClF2N4O3S. The van der Waals surface area contributed by atoms with Crippen LogP contribution in [0.2, 0.25) is 5.02 Å². The van der Waals surface area contributed by atoms with Crippen molar-refractivity contribution in [1.29, 1.82) is 0 Å². The lowest BCUT2D eigenvalue weighted by molar-refractivity contribution is 0.103. The molecule has 0 unspecified atom stereocenters. The maximum absolute atomic E-state index is 15.1. The van der Waals surface area contributed by atoms with Crippen LogP contribution in [0.25, 0.3) is 11.0 Å². The molecule has 0 spiro atoms. The highest BCUT2D eigenvalue weighted by Crippen LogP contribution is 2.30. The lowest BCUT2D eigenvalue weighted by atomic mass is 10.0. The largest absolute Gasteiger partial charge is 0.345 e. The third-order valence-electron chi connectivity index (χ3n) is 4.27. The molecule has 0 amide bonds. The Morgan fingerprint density at radius 3 is 2.67 bits per heavy atom. The van der Waals surface area contributed by atoms with E-state index in [1.165, 1.54) is 36.8 Å². The number of rotatable bonds is 5. The number of carbonyl (C=O) groups is 1. The zero-order valence-corrected chi connectivity index (χ0v) is 16.4. The van der Waals surface area contributed by atoms with Crippen LogP contribution in [0.15, 0.2) is 60.0 Å². The van der Waals surface area contributed by atoms with Crippen LogP contribution < -0.4 is 4.72 Å². The predicted octanol–water partition coefficient (Wildman–Crippen LogP) is 3.92. The first-order valence-electron chi connectivity index (χ1n) is 8.36. The Kier molecular flexibility index (Phi) is 4.96. The van der Waals surface area contributed by atoms with Gasteiger partial charge in [-0.15, -0.1) is 0 Å². The minimum absolute atomic E-state index is 0.104. The number of aromatic nitrogens is 3. The van der Waals surface area contributed by atoms with E-state index in [2.05, 4.69) is 15.0 Å². The Morgan fingerprint density at radius 2 is 1.93 bits per heavy atom. The summed E-state index contributed by atoms with van der Waals surface area (Å²) in [6, 6.07) is 5.76. The highest BCUT2D eigenvalue weighted by atomic mass is 35.5. The molecule has 0 atom stereocenters. The molecule has 0 saturated heterocycles. The van der Waals surface area contributed by atoms with E-state index >= 15 is 4.39 Å². The number of sulfonamides is 1. The van der Waals surface area contributed by atoms with Crippen LogP contribution in [-0.2, 0) is 10.0 Å².